The molecule has 0 spiro atoms. The summed E-state index contributed by atoms with van der Waals surface area (Å²) in [5, 5.41) is 3.45. The van der Waals surface area contributed by atoms with E-state index in [0.717, 1.165) is 0 Å². The van der Waals surface area contributed by atoms with E-state index in [1.807, 2.05) is 14.1 Å². The van der Waals surface area contributed by atoms with Crippen LogP contribution in [0.4, 0.5) is 0 Å². The fourth-order valence-corrected chi connectivity index (χ4v) is 0.300. The van der Waals surface area contributed by atoms with Gasteiger partial charge in [0.1, 0.15) is 0 Å². The van der Waals surface area contributed by atoms with Gasteiger partial charge in [-0.15, -0.1) is 0 Å². The monoisotopic (exact) mass is 130 g/mol. The highest BCUT2D eigenvalue weighted by molar-refractivity contribution is 7.80. The summed E-state index contributed by atoms with van der Waals surface area (Å²) in [5.41, 5.74) is 0. The smallest absolute Gasteiger partial charge is 0.172 e. The Balaban J connectivity index is 3.48. The third-order valence-corrected chi connectivity index (χ3v) is 1.11. The lowest BCUT2D eigenvalue weighted by Gasteiger charge is -2.11. The third kappa shape index (κ3) is 2.58. The van der Waals surface area contributed by atoms with Crippen molar-refractivity contribution in [2.24, 2.45) is 0 Å². The molecular weight excluding hydrogens is 120 g/mol. The van der Waals surface area contributed by atoms with Gasteiger partial charge in [-0.3, -0.25) is 0 Å². The third-order valence-electron chi connectivity index (χ3n) is 0.632. The molecule has 0 heterocycles. The van der Waals surface area contributed by atoms with Gasteiger partial charge in [-0.05, 0) is 18.4 Å². The Morgan fingerprint density at radius 3 is 2.38 bits per heavy atom. The topological polar surface area (TPSA) is 15.3 Å². The Kier molecular flexibility index (Phi) is 3.19. The van der Waals surface area contributed by atoms with Gasteiger partial charge < -0.3 is 10.2 Å². The summed E-state index contributed by atoms with van der Waals surface area (Å²) in [6, 6.07) is 0. The predicted molar refractivity (Wildman–Crippen MR) is 39.6 cm³/mol. The highest BCUT2D eigenvalue weighted by atomic mass is 32.1. The molecule has 0 saturated heterocycles. The maximum atomic E-state index is 4.82. The van der Waals surface area contributed by atoms with Crippen molar-refractivity contribution in [3.05, 3.63) is 12.8 Å². The first-order valence-electron chi connectivity index (χ1n) is 2.27. The van der Waals surface area contributed by atoms with Crippen LogP contribution in [0.25, 0.3) is 0 Å². The van der Waals surface area contributed by atoms with Gasteiger partial charge in [0.15, 0.2) is 5.11 Å². The minimum Gasteiger partial charge on any atom is -0.355 e. The molecule has 0 rings (SSSR count). The first-order chi connectivity index (χ1) is 3.68. The Morgan fingerprint density at radius 1 is 1.75 bits per heavy atom. The number of thiocarbonyl (C=S) groups is 1. The molecule has 0 atom stereocenters. The second-order valence-electron chi connectivity index (χ2n) is 1.55. The molecule has 1 N–H and O–H groups in total. The first-order valence-corrected chi connectivity index (χ1v) is 2.68. The van der Waals surface area contributed by atoms with E-state index >= 15 is 0 Å². The van der Waals surface area contributed by atoms with Crippen LogP contribution >= 0.6 is 12.2 Å². The zero-order valence-corrected chi connectivity index (χ0v) is 5.96. The van der Waals surface area contributed by atoms with Crippen molar-refractivity contribution in [1.29, 1.82) is 0 Å². The van der Waals surface area contributed by atoms with Crippen LogP contribution in [0.1, 0.15) is 0 Å². The Labute approximate surface area is 55.2 Å². The molecule has 0 aromatic rings. The molecule has 0 aromatic heterocycles. The molecule has 2 nitrogen and oxygen atoms in total. The Morgan fingerprint density at radius 2 is 2.25 bits per heavy atom. The summed E-state index contributed by atoms with van der Waals surface area (Å²) in [4.78, 5) is 1.80. The second kappa shape index (κ2) is 3.43. The van der Waals surface area contributed by atoms with Crippen LogP contribution in [-0.4, -0.2) is 24.1 Å². The van der Waals surface area contributed by atoms with Crippen LogP contribution in [0.5, 0.6) is 0 Å². The number of nitrogens with zero attached hydrogens (tertiary/aromatic N) is 1. The van der Waals surface area contributed by atoms with Crippen LogP contribution in [0, 0.1) is 0 Å². The van der Waals surface area contributed by atoms with Gasteiger partial charge in [0.25, 0.3) is 0 Å². The lowest BCUT2D eigenvalue weighted by Crippen LogP contribution is -2.30. The molecule has 46 valence electrons. The number of hydrogen-bond donors (Lipinski definition) is 1. The highest BCUT2D eigenvalue weighted by Gasteiger charge is 1.89. The van der Waals surface area contributed by atoms with Gasteiger partial charge in [0.05, 0.1) is 0 Å². The van der Waals surface area contributed by atoms with E-state index in [1.54, 1.807) is 11.1 Å². The zero-order chi connectivity index (χ0) is 6.57. The molecule has 0 aliphatic heterocycles. The van der Waals surface area contributed by atoms with Gasteiger partial charge in [-0.2, -0.15) is 0 Å². The molecule has 0 aliphatic carbocycles. The molecule has 0 saturated carbocycles. The van der Waals surface area contributed by atoms with Crippen molar-refractivity contribution >= 4 is 17.3 Å². The van der Waals surface area contributed by atoms with Gasteiger partial charge in [0.2, 0.25) is 0 Å². The van der Waals surface area contributed by atoms with Crippen molar-refractivity contribution in [3.8, 4) is 0 Å². The van der Waals surface area contributed by atoms with E-state index in [1.165, 1.54) is 0 Å². The molecule has 0 unspecified atom stereocenters. The summed E-state index contributed by atoms with van der Waals surface area (Å²) >= 11 is 4.82. The summed E-state index contributed by atoms with van der Waals surface area (Å²) in [7, 11) is 3.75. The molecule has 0 fully saturated rings. The Hall–Kier alpha value is -0.570. The maximum absolute atomic E-state index is 4.82. The van der Waals surface area contributed by atoms with Gasteiger partial charge in [0, 0.05) is 14.1 Å². The standard InChI is InChI=1S/C5H10N2S/c1-4-6-5(8)7(2)3/h4H,1H2,2-3H3,(H,6,8). The first kappa shape index (κ1) is 7.43. The molecule has 0 aliphatic rings. The van der Waals surface area contributed by atoms with E-state index < -0.39 is 0 Å². The molecule has 0 amide bonds. The van der Waals surface area contributed by atoms with Crippen LogP contribution in [0.3, 0.4) is 0 Å². The highest BCUT2D eigenvalue weighted by Crippen LogP contribution is 1.75. The average Bonchev–Trinajstić information content (AvgIpc) is 1.67. The number of rotatable bonds is 1. The fraction of sp³-hybridized carbons (Fsp3) is 0.400. The number of nitrogens with one attached hydrogen (secondary N) is 1. The van der Waals surface area contributed by atoms with Gasteiger partial charge in [-0.25, -0.2) is 0 Å². The summed E-state index contributed by atoms with van der Waals surface area (Å²) in [6.07, 6.45) is 1.56. The summed E-state index contributed by atoms with van der Waals surface area (Å²) in [5.74, 6) is 0. The van der Waals surface area contributed by atoms with Crippen LogP contribution < -0.4 is 5.32 Å². The molecule has 0 radical (unpaired) electrons. The van der Waals surface area contributed by atoms with Crippen molar-refractivity contribution in [2.45, 2.75) is 0 Å². The molecule has 3 heteroatoms. The Bertz CT molecular complexity index is 98.6. The SMILES string of the molecule is C=CNC(=S)N(C)C. The predicted octanol–water partition coefficient (Wildman–Crippen LogP) is 0.566. The van der Waals surface area contributed by atoms with Gasteiger partial charge >= 0.3 is 0 Å². The summed E-state index contributed by atoms with van der Waals surface area (Å²) < 4.78 is 0. The fourth-order valence-electron chi connectivity index (χ4n) is 0.216. The van der Waals surface area contributed by atoms with E-state index in [4.69, 9.17) is 12.2 Å². The average molecular weight is 130 g/mol. The van der Waals surface area contributed by atoms with E-state index in [2.05, 4.69) is 11.9 Å². The lowest BCUT2D eigenvalue weighted by molar-refractivity contribution is 0.616. The molecule has 0 aromatic carbocycles. The maximum Gasteiger partial charge on any atom is 0.172 e. The minimum atomic E-state index is 0.681. The van der Waals surface area contributed by atoms with E-state index in [-0.39, 0.29) is 0 Å². The van der Waals surface area contributed by atoms with E-state index in [0.29, 0.717) is 5.11 Å². The van der Waals surface area contributed by atoms with Gasteiger partial charge in [-0.1, -0.05) is 6.58 Å². The summed E-state index contributed by atoms with van der Waals surface area (Å²) in [6.45, 7) is 3.46. The molecule has 0 bridgehead atoms. The minimum absolute atomic E-state index is 0.681. The zero-order valence-electron chi connectivity index (χ0n) is 5.14. The normalized spacial score (nSPS) is 7.75. The molecular formula is C5H10N2S. The van der Waals surface area contributed by atoms with Crippen molar-refractivity contribution in [1.82, 2.24) is 10.2 Å². The number of hydrogen-bond acceptors (Lipinski definition) is 1. The second-order valence-corrected chi connectivity index (χ2v) is 1.93. The lowest BCUT2D eigenvalue weighted by atomic mass is 10.8. The van der Waals surface area contributed by atoms with Crippen molar-refractivity contribution in [2.75, 3.05) is 14.1 Å². The largest absolute Gasteiger partial charge is 0.355 e. The van der Waals surface area contributed by atoms with Crippen molar-refractivity contribution in [3.63, 3.8) is 0 Å². The quantitative estimate of drug-likeness (QED) is 0.522. The van der Waals surface area contributed by atoms with Crippen LogP contribution in [-0.2, 0) is 0 Å². The van der Waals surface area contributed by atoms with Crippen molar-refractivity contribution < 1.29 is 0 Å². The molecule has 8 heavy (non-hydrogen) atoms. The van der Waals surface area contributed by atoms with Crippen LogP contribution in [0.15, 0.2) is 12.8 Å². The van der Waals surface area contributed by atoms with Crippen LogP contribution in [0.2, 0.25) is 0 Å². The van der Waals surface area contributed by atoms with E-state index in [9.17, 15) is 0 Å².